The molecule has 0 spiro atoms. The molecule has 4 aromatic carbocycles. The molecule has 4 heterocycles. The molecule has 2 saturated heterocycles. The first-order chi connectivity index (χ1) is 32.4. The zero-order valence-corrected chi connectivity index (χ0v) is 37.3. The van der Waals surface area contributed by atoms with Crippen LogP contribution in [0.15, 0.2) is 91.1 Å². The van der Waals surface area contributed by atoms with Gasteiger partial charge in [0.2, 0.25) is 5.91 Å². The maximum Gasteiger partial charge on any atom is 0.407 e. The highest BCUT2D eigenvalue weighted by Crippen LogP contribution is 2.53. The number of aromatic nitrogens is 4. The summed E-state index contributed by atoms with van der Waals surface area (Å²) >= 11 is 0. The molecular formula is C50H50F2N8O7. The summed E-state index contributed by atoms with van der Waals surface area (Å²) in [4.78, 5) is 72.6. The van der Waals surface area contributed by atoms with Crippen molar-refractivity contribution in [3.05, 3.63) is 119 Å². The van der Waals surface area contributed by atoms with Gasteiger partial charge in [-0.3, -0.25) is 9.59 Å². The SMILES string of the molecule is COC(=O)N[C@@H](C(=O)N1CCC[C@H]1c1ncc(-c2ccc3c(c2)C(F)(F)c2cc(-c4ccc5nc([C@@H]6[C@H]7CC[C@H](C7)N6C(=O)[C@H](NC(=O)OC)[C@@H](C)OC)[nH]c5c4)ccc2-3)[nH]1)c1ccccc1. The minimum atomic E-state index is -3.31. The van der Waals surface area contributed by atoms with Gasteiger partial charge in [0.25, 0.3) is 11.8 Å². The summed E-state index contributed by atoms with van der Waals surface area (Å²) in [6.45, 7) is 2.17. The second kappa shape index (κ2) is 17.3. The predicted octanol–water partition coefficient (Wildman–Crippen LogP) is 8.31. The van der Waals surface area contributed by atoms with Crippen LogP contribution < -0.4 is 10.6 Å². The first kappa shape index (κ1) is 43.7. The number of hydrogen-bond donors (Lipinski definition) is 4. The quantitative estimate of drug-likeness (QED) is 0.0993. The van der Waals surface area contributed by atoms with E-state index in [4.69, 9.17) is 19.2 Å². The van der Waals surface area contributed by atoms with Crippen LogP contribution in [0.5, 0.6) is 0 Å². The van der Waals surface area contributed by atoms with Gasteiger partial charge in [0, 0.05) is 36.4 Å². The molecule has 2 aliphatic heterocycles. The number of amides is 4. The highest BCUT2D eigenvalue weighted by Gasteiger charge is 2.52. The maximum absolute atomic E-state index is 16.7. The Kier molecular flexibility index (Phi) is 11.3. The number of H-pyrrole nitrogens is 2. The summed E-state index contributed by atoms with van der Waals surface area (Å²) in [5.41, 5.74) is 5.04. The average Bonchev–Trinajstić information content (AvgIpc) is 4.23. The topological polar surface area (TPSA) is 184 Å². The smallest absolute Gasteiger partial charge is 0.407 e. The second-order valence-electron chi connectivity index (χ2n) is 17.8. The van der Waals surface area contributed by atoms with Crippen molar-refractivity contribution in [2.24, 2.45) is 5.92 Å². The Morgan fingerprint density at radius 2 is 1.48 bits per heavy atom. The molecule has 0 radical (unpaired) electrons. The number of aromatic amines is 2. The van der Waals surface area contributed by atoms with Gasteiger partial charge in [-0.15, -0.1) is 0 Å². The van der Waals surface area contributed by atoms with Crippen LogP contribution >= 0.6 is 0 Å². The van der Waals surface area contributed by atoms with E-state index in [1.54, 1.807) is 66.6 Å². The number of halogens is 2. The summed E-state index contributed by atoms with van der Waals surface area (Å²) in [6, 6.07) is 22.0. The van der Waals surface area contributed by atoms with Crippen LogP contribution in [0.1, 0.15) is 85.5 Å². The number of likely N-dealkylation sites (tertiary alicyclic amines) is 2. The lowest BCUT2D eigenvalue weighted by Crippen LogP contribution is -2.56. The number of fused-ring (bicyclic) bond motifs is 6. The Hall–Kier alpha value is -7.14. The number of hydrogen-bond acceptors (Lipinski definition) is 9. The fourth-order valence-electron chi connectivity index (χ4n) is 10.7. The highest BCUT2D eigenvalue weighted by atomic mass is 19.3. The van der Waals surface area contributed by atoms with Crippen molar-refractivity contribution in [2.45, 2.75) is 81.3 Å². The number of nitrogens with one attached hydrogen (secondary N) is 4. The Morgan fingerprint density at radius 1 is 0.791 bits per heavy atom. The van der Waals surface area contributed by atoms with Gasteiger partial charge in [0.15, 0.2) is 0 Å². The van der Waals surface area contributed by atoms with Crippen molar-refractivity contribution < 1.29 is 42.2 Å². The summed E-state index contributed by atoms with van der Waals surface area (Å²) in [7, 11) is 3.97. The lowest BCUT2D eigenvalue weighted by Gasteiger charge is -2.37. The van der Waals surface area contributed by atoms with Gasteiger partial charge in [-0.2, -0.15) is 8.78 Å². The normalized spacial score (nSPS) is 21.4. The third kappa shape index (κ3) is 7.64. The molecule has 67 heavy (non-hydrogen) atoms. The number of rotatable bonds is 11. The lowest BCUT2D eigenvalue weighted by molar-refractivity contribution is -0.141. The van der Waals surface area contributed by atoms with Crippen molar-refractivity contribution in [1.82, 2.24) is 40.4 Å². The van der Waals surface area contributed by atoms with Crippen molar-refractivity contribution in [1.29, 1.82) is 0 Å². The molecule has 1 saturated carbocycles. The fraction of sp³-hybridized carbons (Fsp3) is 0.360. The van der Waals surface area contributed by atoms with Gasteiger partial charge >= 0.3 is 12.2 Å². The van der Waals surface area contributed by atoms with Crippen LogP contribution in [0.3, 0.4) is 0 Å². The average molecular weight is 913 g/mol. The van der Waals surface area contributed by atoms with Crippen LogP contribution in [0.25, 0.3) is 44.5 Å². The second-order valence-corrected chi connectivity index (χ2v) is 17.8. The number of methoxy groups -OCH3 is 3. The highest BCUT2D eigenvalue weighted by molar-refractivity contribution is 5.90. The number of piperidine rings is 1. The predicted molar refractivity (Wildman–Crippen MR) is 242 cm³/mol. The third-order valence-electron chi connectivity index (χ3n) is 14.1. The lowest BCUT2D eigenvalue weighted by atomic mass is 9.97. The number of carbonyl (C=O) groups is 4. The van der Waals surface area contributed by atoms with E-state index in [-0.39, 0.29) is 40.9 Å². The first-order valence-corrected chi connectivity index (χ1v) is 22.5. The molecule has 0 unspecified atom stereocenters. The van der Waals surface area contributed by atoms with Gasteiger partial charge in [-0.25, -0.2) is 19.6 Å². The van der Waals surface area contributed by atoms with Crippen molar-refractivity contribution in [2.75, 3.05) is 27.9 Å². The fourth-order valence-corrected chi connectivity index (χ4v) is 10.7. The summed E-state index contributed by atoms with van der Waals surface area (Å²) < 4.78 is 48.5. The van der Waals surface area contributed by atoms with Crippen molar-refractivity contribution in [3.8, 4) is 33.5 Å². The molecular weight excluding hydrogens is 863 g/mol. The molecule has 17 heteroatoms. The van der Waals surface area contributed by atoms with E-state index in [2.05, 4.69) is 25.6 Å². The van der Waals surface area contributed by atoms with E-state index < -0.39 is 42.3 Å². The minimum Gasteiger partial charge on any atom is -0.453 e. The summed E-state index contributed by atoms with van der Waals surface area (Å²) in [6.07, 6.45) is 3.46. The molecule has 346 valence electrons. The Morgan fingerprint density at radius 3 is 2.21 bits per heavy atom. The monoisotopic (exact) mass is 912 g/mol. The van der Waals surface area contributed by atoms with E-state index in [0.29, 0.717) is 75.6 Å². The molecule has 2 aliphatic carbocycles. The molecule has 7 atom stereocenters. The van der Waals surface area contributed by atoms with E-state index >= 15 is 8.78 Å². The molecule has 6 aromatic rings. The van der Waals surface area contributed by atoms with E-state index in [1.807, 2.05) is 35.2 Å². The standard InChI is InChI=1S/C50H50F2N8O7/c1-26(65-2)41(57-48(63)66-3)47(62)60-32-16-12-31(21-32)43(60)45-54-37-19-15-29(24-38(37)55-45)28-13-17-33-34-18-14-30(23-36(34)50(51,52)35(33)22-28)39-25-53-44(56-39)40-11-8-20-59(40)46(61)42(58-49(64)67-4)27-9-6-5-7-10-27/h5-7,9-10,13-15,17-19,22-26,31-32,40-43H,8,11-12,16,20-21H2,1-4H3,(H,53,56)(H,54,55)(H,57,63)(H,58,64)/t26-,31+,32-,40+,41-,42-,43+/m1/s1. The van der Waals surface area contributed by atoms with Crippen LogP contribution in [-0.4, -0.2) is 99.8 Å². The van der Waals surface area contributed by atoms with Crippen LogP contribution in [0, 0.1) is 5.92 Å². The molecule has 4 aliphatic rings. The van der Waals surface area contributed by atoms with Crippen LogP contribution in [-0.2, 0) is 29.7 Å². The van der Waals surface area contributed by atoms with E-state index in [0.717, 1.165) is 24.8 Å². The van der Waals surface area contributed by atoms with Gasteiger partial charge < -0.3 is 44.6 Å². The van der Waals surface area contributed by atoms with Gasteiger partial charge in [0.1, 0.15) is 23.7 Å². The van der Waals surface area contributed by atoms with E-state index in [1.165, 1.54) is 27.4 Å². The summed E-state index contributed by atoms with van der Waals surface area (Å²) in [5.74, 6) is -2.57. The third-order valence-corrected chi connectivity index (χ3v) is 14.1. The molecule has 10 rings (SSSR count). The van der Waals surface area contributed by atoms with Crippen LogP contribution in [0.4, 0.5) is 18.4 Å². The van der Waals surface area contributed by atoms with E-state index in [9.17, 15) is 19.2 Å². The van der Waals surface area contributed by atoms with Crippen molar-refractivity contribution >= 4 is 35.0 Å². The zero-order valence-electron chi connectivity index (χ0n) is 37.3. The maximum atomic E-state index is 16.7. The Balaban J connectivity index is 0.886. The number of imidazole rings is 2. The number of nitrogens with zero attached hydrogens (tertiary/aromatic N) is 4. The molecule has 15 nitrogen and oxygen atoms in total. The summed E-state index contributed by atoms with van der Waals surface area (Å²) in [5, 5.41) is 5.33. The molecule has 3 fully saturated rings. The molecule has 4 amide bonds. The Labute approximate surface area is 384 Å². The number of alkyl halides is 2. The zero-order chi connectivity index (χ0) is 46.7. The first-order valence-electron chi connectivity index (χ1n) is 22.5. The van der Waals surface area contributed by atoms with Gasteiger partial charge in [-0.1, -0.05) is 60.7 Å². The molecule has 2 bridgehead atoms. The molecule has 2 aromatic heterocycles. The Bertz CT molecular complexity index is 2900. The minimum absolute atomic E-state index is 0.0135. The largest absolute Gasteiger partial charge is 0.453 e. The number of ether oxygens (including phenoxy) is 3. The van der Waals surface area contributed by atoms with Gasteiger partial charge in [0.05, 0.1) is 55.3 Å². The number of alkyl carbamates (subject to hydrolysis) is 2. The number of benzene rings is 4. The van der Waals surface area contributed by atoms with Crippen molar-refractivity contribution in [3.63, 3.8) is 0 Å². The van der Waals surface area contributed by atoms with Crippen LogP contribution in [0.2, 0.25) is 0 Å². The molecule has 4 N–H and O–H groups in total. The van der Waals surface area contributed by atoms with Gasteiger partial charge in [-0.05, 0) is 97.0 Å². The number of carbonyl (C=O) groups excluding carboxylic acids is 4.